The number of hydrogen-bond donors (Lipinski definition) is 0. The number of rotatable bonds is 5. The fraction of sp³-hybridized carbons (Fsp3) is 0.375. The monoisotopic (exact) mass is 378 g/mol. The lowest BCUT2D eigenvalue weighted by molar-refractivity contribution is 0.0735. The van der Waals surface area contributed by atoms with Crippen LogP contribution < -0.4 is 4.74 Å². The molecule has 0 saturated carbocycles. The van der Waals surface area contributed by atoms with E-state index in [0.29, 0.717) is 27.9 Å². The van der Waals surface area contributed by atoms with Gasteiger partial charge in [0.1, 0.15) is 13.8 Å². The molecule has 0 atom stereocenters. The van der Waals surface area contributed by atoms with E-state index in [1.54, 1.807) is 24.3 Å². The van der Waals surface area contributed by atoms with Crippen molar-refractivity contribution in [2.75, 3.05) is 0 Å². The minimum Gasteiger partial charge on any atom is -0.423 e. The third-order valence-corrected chi connectivity index (χ3v) is 11.7. The summed E-state index contributed by atoms with van der Waals surface area (Å²) in [5, 5.41) is 0. The van der Waals surface area contributed by atoms with Crippen molar-refractivity contribution < 1.29 is 9.53 Å². The number of carbonyl (C=O) groups is 1. The largest absolute Gasteiger partial charge is 0.423 e. The van der Waals surface area contributed by atoms with Crippen molar-refractivity contribution in [3.8, 4) is 17.2 Å². The third kappa shape index (κ3) is 4.90. The van der Waals surface area contributed by atoms with Crippen LogP contribution in [0.5, 0.6) is 5.75 Å². The highest BCUT2D eigenvalue weighted by Gasteiger charge is 2.41. The van der Waals surface area contributed by atoms with Crippen molar-refractivity contribution in [2.24, 2.45) is 0 Å². The summed E-state index contributed by atoms with van der Waals surface area (Å²) in [7, 11) is -1.75. The van der Waals surface area contributed by atoms with E-state index < -0.39 is 8.07 Å². The van der Waals surface area contributed by atoms with Gasteiger partial charge in [0.25, 0.3) is 0 Å². The Morgan fingerprint density at radius 1 is 0.815 bits per heavy atom. The van der Waals surface area contributed by atoms with Gasteiger partial charge in [-0.2, -0.15) is 0 Å². The van der Waals surface area contributed by atoms with Crippen LogP contribution in [0.2, 0.25) is 16.6 Å². The molecule has 0 bridgehead atoms. The highest BCUT2D eigenvalue weighted by atomic mass is 28.3. The molecule has 0 aliphatic carbocycles. The molecule has 0 aromatic heterocycles. The second kappa shape index (κ2) is 9.06. The van der Waals surface area contributed by atoms with E-state index in [1.165, 1.54) is 0 Å². The minimum atomic E-state index is -1.75. The first-order valence-electron chi connectivity index (χ1n) is 9.67. The second-order valence-electron chi connectivity index (χ2n) is 7.93. The van der Waals surface area contributed by atoms with Crippen molar-refractivity contribution in [1.29, 1.82) is 0 Å². The fourth-order valence-corrected chi connectivity index (χ4v) is 9.18. The van der Waals surface area contributed by atoms with Crippen LogP contribution >= 0.6 is 0 Å². The number of carbonyl (C=O) groups excluding carboxylic acids is 1. The van der Waals surface area contributed by atoms with Crippen molar-refractivity contribution in [1.82, 2.24) is 0 Å². The van der Waals surface area contributed by atoms with E-state index in [2.05, 4.69) is 53.0 Å². The van der Waals surface area contributed by atoms with E-state index in [0.717, 1.165) is 5.56 Å². The fourth-order valence-electron chi connectivity index (χ4n) is 3.96. The molecule has 0 N–H and O–H groups in total. The molecule has 0 fully saturated rings. The Morgan fingerprint density at radius 2 is 1.33 bits per heavy atom. The van der Waals surface area contributed by atoms with Crippen LogP contribution in [0, 0.1) is 11.5 Å². The predicted molar refractivity (Wildman–Crippen MR) is 116 cm³/mol. The van der Waals surface area contributed by atoms with Crippen LogP contribution in [0.1, 0.15) is 57.5 Å². The lowest BCUT2D eigenvalue weighted by Gasteiger charge is -2.38. The molecular formula is C24H30O2Si. The molecule has 0 spiro atoms. The first-order valence-corrected chi connectivity index (χ1v) is 11.9. The van der Waals surface area contributed by atoms with E-state index in [1.807, 2.05) is 30.3 Å². The molecule has 0 radical (unpaired) electrons. The first-order chi connectivity index (χ1) is 12.8. The maximum atomic E-state index is 12.3. The van der Waals surface area contributed by atoms with E-state index in [4.69, 9.17) is 4.74 Å². The molecule has 2 nitrogen and oxygen atoms in total. The Hall–Kier alpha value is -2.31. The smallest absolute Gasteiger partial charge is 0.343 e. The van der Waals surface area contributed by atoms with Crippen LogP contribution in [0.25, 0.3) is 0 Å². The third-order valence-electron chi connectivity index (χ3n) is 5.36. The summed E-state index contributed by atoms with van der Waals surface area (Å²) < 4.78 is 5.38. The topological polar surface area (TPSA) is 26.3 Å². The number of hydrogen-bond acceptors (Lipinski definition) is 2. The zero-order chi connectivity index (χ0) is 20.0. The van der Waals surface area contributed by atoms with Gasteiger partial charge in [-0.25, -0.2) is 4.79 Å². The summed E-state index contributed by atoms with van der Waals surface area (Å²) in [6.45, 7) is 13.9. The van der Waals surface area contributed by atoms with Crippen LogP contribution in [-0.2, 0) is 0 Å². The number of benzene rings is 2. The highest BCUT2D eigenvalue weighted by Crippen LogP contribution is 2.40. The SMILES string of the molecule is CC(C)[Si](C#Cc1ccc(C(=O)Oc2ccccc2)cc1)(C(C)C)C(C)C. The van der Waals surface area contributed by atoms with E-state index >= 15 is 0 Å². The quantitative estimate of drug-likeness (QED) is 0.258. The van der Waals surface area contributed by atoms with Crippen LogP contribution in [0.15, 0.2) is 54.6 Å². The van der Waals surface area contributed by atoms with Crippen LogP contribution in [0.3, 0.4) is 0 Å². The van der Waals surface area contributed by atoms with Gasteiger partial charge < -0.3 is 4.74 Å². The van der Waals surface area contributed by atoms with Crippen LogP contribution in [0.4, 0.5) is 0 Å². The summed E-state index contributed by atoms with van der Waals surface area (Å²) in [6, 6.07) is 16.5. The Morgan fingerprint density at radius 3 is 1.81 bits per heavy atom. The van der Waals surface area contributed by atoms with Gasteiger partial charge in [0, 0.05) is 5.56 Å². The molecule has 2 aromatic carbocycles. The van der Waals surface area contributed by atoms with Gasteiger partial charge >= 0.3 is 5.97 Å². The molecule has 2 rings (SSSR count). The molecule has 142 valence electrons. The lowest BCUT2D eigenvalue weighted by atomic mass is 10.1. The normalized spacial score (nSPS) is 11.4. The summed E-state index contributed by atoms with van der Waals surface area (Å²) >= 11 is 0. The number of esters is 1. The Labute approximate surface area is 165 Å². The first kappa shape index (κ1) is 21.0. The Bertz CT molecular complexity index is 787. The van der Waals surface area contributed by atoms with E-state index in [9.17, 15) is 4.79 Å². The van der Waals surface area contributed by atoms with Gasteiger partial charge in [-0.1, -0.05) is 65.7 Å². The van der Waals surface area contributed by atoms with Crippen LogP contribution in [-0.4, -0.2) is 14.0 Å². The number of ether oxygens (including phenoxy) is 1. The van der Waals surface area contributed by atoms with Crippen molar-refractivity contribution in [2.45, 2.75) is 58.2 Å². The summed E-state index contributed by atoms with van der Waals surface area (Å²) in [5.74, 6) is 3.60. The summed E-state index contributed by atoms with van der Waals surface area (Å²) in [5.41, 5.74) is 7.00. The maximum Gasteiger partial charge on any atom is 0.343 e. The minimum absolute atomic E-state index is 0.351. The molecule has 0 aliphatic heterocycles. The zero-order valence-electron chi connectivity index (χ0n) is 17.2. The molecule has 27 heavy (non-hydrogen) atoms. The van der Waals surface area contributed by atoms with Gasteiger partial charge in [0.2, 0.25) is 0 Å². The standard InChI is InChI=1S/C24H30O2Si/c1-18(2)27(19(3)4,20(5)6)17-16-21-12-14-22(15-13-21)24(25)26-23-10-8-7-9-11-23/h7-15,18-20H,1-6H3. The molecule has 0 aliphatic rings. The maximum absolute atomic E-state index is 12.3. The van der Waals surface area contributed by atoms with E-state index in [-0.39, 0.29) is 5.97 Å². The predicted octanol–water partition coefficient (Wildman–Crippen LogP) is 6.48. The van der Waals surface area contributed by atoms with Gasteiger partial charge in [-0.05, 0) is 53.0 Å². The molecule has 0 heterocycles. The Balaban J connectivity index is 2.20. The van der Waals surface area contributed by atoms with Gasteiger partial charge in [-0.3, -0.25) is 0 Å². The van der Waals surface area contributed by atoms with Crippen molar-refractivity contribution >= 4 is 14.0 Å². The van der Waals surface area contributed by atoms with Gasteiger partial charge in [0.15, 0.2) is 0 Å². The van der Waals surface area contributed by atoms with Crippen molar-refractivity contribution in [3.63, 3.8) is 0 Å². The second-order valence-corrected chi connectivity index (χ2v) is 13.5. The molecule has 2 aromatic rings. The van der Waals surface area contributed by atoms with Gasteiger partial charge in [0.05, 0.1) is 5.56 Å². The zero-order valence-corrected chi connectivity index (χ0v) is 18.2. The average molecular weight is 379 g/mol. The average Bonchev–Trinajstić information content (AvgIpc) is 2.62. The molecule has 0 unspecified atom stereocenters. The molecule has 3 heteroatoms. The highest BCUT2D eigenvalue weighted by molar-refractivity contribution is 6.90. The summed E-state index contributed by atoms with van der Waals surface area (Å²) in [6.07, 6.45) is 0. The molecular weight excluding hydrogens is 348 g/mol. The number of para-hydroxylation sites is 1. The summed E-state index contributed by atoms with van der Waals surface area (Å²) in [4.78, 5) is 12.3. The lowest BCUT2D eigenvalue weighted by Crippen LogP contribution is -2.43. The molecule has 0 amide bonds. The molecule has 0 saturated heterocycles. The Kier molecular flexibility index (Phi) is 7.04. The van der Waals surface area contributed by atoms with Crippen molar-refractivity contribution in [3.05, 3.63) is 65.7 Å². The van der Waals surface area contributed by atoms with Gasteiger partial charge in [-0.15, -0.1) is 5.54 Å².